The average molecular weight is 325 g/mol. The van der Waals surface area contributed by atoms with Crippen molar-refractivity contribution in [3.63, 3.8) is 0 Å². The molecule has 100 valence electrons. The summed E-state index contributed by atoms with van der Waals surface area (Å²) in [5.74, 6) is -1.00. The molecule has 1 aromatic rings. The summed E-state index contributed by atoms with van der Waals surface area (Å²) in [4.78, 5) is 14.0. The van der Waals surface area contributed by atoms with Gasteiger partial charge in [0.15, 0.2) is 0 Å². The summed E-state index contributed by atoms with van der Waals surface area (Å²) in [6.45, 7) is 3.36. The molecule has 0 atom stereocenters. The van der Waals surface area contributed by atoms with Gasteiger partial charge >= 0.3 is 0 Å². The molecule has 2 rings (SSSR count). The molecule has 0 spiro atoms. The van der Waals surface area contributed by atoms with Crippen LogP contribution in [0.5, 0.6) is 0 Å². The molecule has 1 amide bonds. The van der Waals surface area contributed by atoms with Crippen LogP contribution in [0.15, 0.2) is 22.7 Å². The molecule has 0 aromatic heterocycles. The first kappa shape index (κ1) is 14.0. The van der Waals surface area contributed by atoms with Gasteiger partial charge in [-0.2, -0.15) is 5.26 Å². The smallest absolute Gasteiger partial charge is 0.258 e. The summed E-state index contributed by atoms with van der Waals surface area (Å²) in [5.41, 5.74) is -0.933. The van der Waals surface area contributed by atoms with Gasteiger partial charge in [0.25, 0.3) is 5.91 Å². The fourth-order valence-corrected chi connectivity index (χ4v) is 2.43. The maximum Gasteiger partial charge on any atom is 0.258 e. The lowest BCUT2D eigenvalue weighted by Gasteiger charge is -2.33. The lowest BCUT2D eigenvalue weighted by Crippen LogP contribution is -2.48. The molecule has 3 nitrogen and oxygen atoms in total. The van der Waals surface area contributed by atoms with Crippen LogP contribution in [0.1, 0.15) is 37.0 Å². The van der Waals surface area contributed by atoms with Gasteiger partial charge < -0.3 is 4.90 Å². The van der Waals surface area contributed by atoms with Crippen molar-refractivity contribution in [2.45, 2.75) is 38.3 Å². The Labute approximate surface area is 120 Å². The van der Waals surface area contributed by atoms with E-state index in [1.165, 1.54) is 11.0 Å². The third kappa shape index (κ3) is 2.64. The Kier molecular flexibility index (Phi) is 3.64. The topological polar surface area (TPSA) is 44.1 Å². The highest BCUT2D eigenvalue weighted by molar-refractivity contribution is 9.10. The predicted molar refractivity (Wildman–Crippen MR) is 73.0 cm³/mol. The number of carbonyl (C=O) groups excluding carboxylic acids is 1. The van der Waals surface area contributed by atoms with Crippen molar-refractivity contribution in [3.8, 4) is 6.07 Å². The highest BCUT2D eigenvalue weighted by atomic mass is 79.9. The zero-order valence-corrected chi connectivity index (χ0v) is 12.4. The number of nitriles is 1. The molecule has 0 aliphatic heterocycles. The van der Waals surface area contributed by atoms with Gasteiger partial charge in [-0.1, -0.05) is 6.07 Å². The molecule has 5 heteroatoms. The van der Waals surface area contributed by atoms with Crippen LogP contribution in [0.3, 0.4) is 0 Å². The average Bonchev–Trinajstić information content (AvgIpc) is 3.17. The van der Waals surface area contributed by atoms with E-state index in [-0.39, 0.29) is 16.1 Å². The Bertz CT molecular complexity index is 561. The van der Waals surface area contributed by atoms with Crippen LogP contribution in [-0.4, -0.2) is 22.4 Å². The number of amides is 1. The van der Waals surface area contributed by atoms with E-state index in [1.807, 2.05) is 0 Å². The molecular weight excluding hydrogens is 311 g/mol. The van der Waals surface area contributed by atoms with Crippen LogP contribution >= 0.6 is 15.9 Å². The summed E-state index contributed by atoms with van der Waals surface area (Å²) >= 11 is 3.07. The number of rotatable bonds is 3. The van der Waals surface area contributed by atoms with Crippen molar-refractivity contribution in [1.82, 2.24) is 4.90 Å². The van der Waals surface area contributed by atoms with E-state index in [4.69, 9.17) is 0 Å². The minimum Gasteiger partial charge on any atom is -0.317 e. The fourth-order valence-electron chi connectivity index (χ4n) is 2.06. The summed E-state index contributed by atoms with van der Waals surface area (Å²) in [6.07, 6.45) is 1.74. The number of hydrogen-bond donors (Lipinski definition) is 0. The van der Waals surface area contributed by atoms with Crippen molar-refractivity contribution >= 4 is 21.8 Å². The molecule has 1 fully saturated rings. The molecule has 1 aliphatic rings. The van der Waals surface area contributed by atoms with Crippen molar-refractivity contribution in [2.24, 2.45) is 0 Å². The van der Waals surface area contributed by atoms with Crippen LogP contribution in [0, 0.1) is 17.1 Å². The summed E-state index contributed by atoms with van der Waals surface area (Å²) in [6, 6.07) is 6.77. The molecular formula is C14H14BrFN2O. The number of carbonyl (C=O) groups is 1. The molecule has 0 unspecified atom stereocenters. The molecule has 19 heavy (non-hydrogen) atoms. The number of benzene rings is 1. The van der Waals surface area contributed by atoms with Crippen LogP contribution in [0.25, 0.3) is 0 Å². The van der Waals surface area contributed by atoms with E-state index < -0.39 is 17.3 Å². The van der Waals surface area contributed by atoms with Gasteiger partial charge in [0.1, 0.15) is 11.4 Å². The summed E-state index contributed by atoms with van der Waals surface area (Å²) in [5, 5.41) is 9.21. The molecule has 1 aliphatic carbocycles. The van der Waals surface area contributed by atoms with Crippen molar-refractivity contribution in [1.29, 1.82) is 5.26 Å². The van der Waals surface area contributed by atoms with Crippen LogP contribution in [-0.2, 0) is 0 Å². The maximum absolute atomic E-state index is 14.0. The van der Waals surface area contributed by atoms with Gasteiger partial charge in [-0.3, -0.25) is 4.79 Å². The first-order chi connectivity index (χ1) is 8.88. The van der Waals surface area contributed by atoms with Gasteiger partial charge in [0.05, 0.1) is 16.1 Å². The minimum absolute atomic E-state index is 0.00426. The van der Waals surface area contributed by atoms with Gasteiger partial charge in [0.2, 0.25) is 0 Å². The summed E-state index contributed by atoms with van der Waals surface area (Å²) < 4.78 is 14.3. The third-order valence-electron chi connectivity index (χ3n) is 3.19. The van der Waals surface area contributed by atoms with E-state index >= 15 is 0 Å². The predicted octanol–water partition coefficient (Wildman–Crippen LogP) is 3.49. The minimum atomic E-state index is -0.937. The highest BCUT2D eigenvalue weighted by Gasteiger charge is 2.42. The number of hydrogen-bond acceptors (Lipinski definition) is 2. The maximum atomic E-state index is 14.0. The number of halogens is 2. The second-order valence-corrected chi connectivity index (χ2v) is 6.03. The van der Waals surface area contributed by atoms with Crippen LogP contribution in [0.4, 0.5) is 4.39 Å². The zero-order chi connectivity index (χ0) is 14.2. The Morgan fingerprint density at radius 2 is 2.16 bits per heavy atom. The first-order valence-electron chi connectivity index (χ1n) is 6.07. The second-order valence-electron chi connectivity index (χ2n) is 5.18. The molecule has 0 N–H and O–H groups in total. The van der Waals surface area contributed by atoms with Gasteiger partial charge in [-0.15, -0.1) is 0 Å². The molecule has 0 radical (unpaired) electrons. The quantitative estimate of drug-likeness (QED) is 0.854. The normalized spacial score (nSPS) is 14.9. The molecule has 1 aromatic carbocycles. The Morgan fingerprint density at radius 1 is 1.53 bits per heavy atom. The summed E-state index contributed by atoms with van der Waals surface area (Å²) in [7, 11) is 0. The van der Waals surface area contributed by atoms with Gasteiger partial charge in [0, 0.05) is 6.04 Å². The molecule has 0 saturated heterocycles. The lowest BCUT2D eigenvalue weighted by atomic mass is 10.0. The monoisotopic (exact) mass is 324 g/mol. The standard InChI is InChI=1S/C14H14BrFN2O/c1-14(2,8-17)18(9-6-7-9)13(19)10-4-3-5-11(15)12(10)16/h3-5,9H,6-7H2,1-2H3. The fraction of sp³-hybridized carbons (Fsp3) is 0.429. The van der Waals surface area contributed by atoms with Crippen LogP contribution in [0.2, 0.25) is 0 Å². The Balaban J connectivity index is 2.41. The third-order valence-corrected chi connectivity index (χ3v) is 3.80. The lowest BCUT2D eigenvalue weighted by molar-refractivity contribution is 0.0610. The number of nitrogens with zero attached hydrogens (tertiary/aromatic N) is 2. The van der Waals surface area contributed by atoms with Crippen molar-refractivity contribution in [2.75, 3.05) is 0 Å². The van der Waals surface area contributed by atoms with Gasteiger partial charge in [-0.25, -0.2) is 4.39 Å². The van der Waals surface area contributed by atoms with Crippen molar-refractivity contribution in [3.05, 3.63) is 34.1 Å². The second kappa shape index (κ2) is 4.93. The van der Waals surface area contributed by atoms with E-state index in [0.29, 0.717) is 0 Å². The first-order valence-corrected chi connectivity index (χ1v) is 6.86. The molecule has 0 heterocycles. The highest BCUT2D eigenvalue weighted by Crippen LogP contribution is 2.35. The Morgan fingerprint density at radius 3 is 2.68 bits per heavy atom. The molecule has 1 saturated carbocycles. The zero-order valence-electron chi connectivity index (χ0n) is 10.8. The SMILES string of the molecule is CC(C)(C#N)N(C(=O)c1cccc(Br)c1F)C1CC1. The van der Waals surface area contributed by atoms with E-state index in [9.17, 15) is 14.4 Å². The largest absolute Gasteiger partial charge is 0.317 e. The van der Waals surface area contributed by atoms with E-state index in [0.717, 1.165) is 12.8 Å². The Hall–Kier alpha value is -1.41. The molecule has 0 bridgehead atoms. The van der Waals surface area contributed by atoms with Crippen LogP contribution < -0.4 is 0 Å². The van der Waals surface area contributed by atoms with E-state index in [2.05, 4.69) is 22.0 Å². The van der Waals surface area contributed by atoms with Gasteiger partial charge in [-0.05, 0) is 54.8 Å². The van der Waals surface area contributed by atoms with Crippen molar-refractivity contribution < 1.29 is 9.18 Å². The van der Waals surface area contributed by atoms with E-state index in [1.54, 1.807) is 26.0 Å².